The van der Waals surface area contributed by atoms with Crippen molar-refractivity contribution in [2.45, 2.75) is 38.1 Å². The summed E-state index contributed by atoms with van der Waals surface area (Å²) >= 11 is 0. The van der Waals surface area contributed by atoms with E-state index in [4.69, 9.17) is 0 Å². The molecule has 1 atom stereocenters. The summed E-state index contributed by atoms with van der Waals surface area (Å²) in [4.78, 5) is 65.4. The second-order valence-electron chi connectivity index (χ2n) is 7.75. The van der Waals surface area contributed by atoms with Gasteiger partial charge in [0.1, 0.15) is 11.6 Å². The molecule has 0 saturated carbocycles. The van der Waals surface area contributed by atoms with Crippen LogP contribution in [0.3, 0.4) is 0 Å². The summed E-state index contributed by atoms with van der Waals surface area (Å²) in [7, 11) is 0. The summed E-state index contributed by atoms with van der Waals surface area (Å²) in [5, 5.41) is 11.2. The van der Waals surface area contributed by atoms with Crippen LogP contribution >= 0.6 is 0 Å². The zero-order chi connectivity index (χ0) is 21.4. The molecular weight excluding hydrogens is 392 g/mol. The highest BCUT2D eigenvalue weighted by molar-refractivity contribution is 6.23. The number of carbonyl (C=O) groups excluding carboxylic acids is 4. The van der Waals surface area contributed by atoms with Gasteiger partial charge in [0.15, 0.2) is 0 Å². The van der Waals surface area contributed by atoms with Gasteiger partial charge in [0.25, 0.3) is 17.5 Å². The number of hydrogen-bond donors (Lipinski definition) is 0. The number of likely N-dealkylation sites (tertiary alicyclic amines) is 2. The van der Waals surface area contributed by atoms with Crippen molar-refractivity contribution in [2.24, 2.45) is 0 Å². The van der Waals surface area contributed by atoms with Crippen LogP contribution in [0.15, 0.2) is 18.2 Å². The lowest BCUT2D eigenvalue weighted by Crippen LogP contribution is -2.47. The Labute approximate surface area is 172 Å². The Bertz CT molecular complexity index is 939. The van der Waals surface area contributed by atoms with Gasteiger partial charge >= 0.3 is 0 Å². The van der Waals surface area contributed by atoms with Crippen molar-refractivity contribution in [1.29, 1.82) is 0 Å². The predicted octanol–water partition coefficient (Wildman–Crippen LogP) is 1.19. The molecule has 10 heteroatoms. The molecule has 1 aromatic rings. The number of carbonyl (C=O) groups is 4. The fraction of sp³-hybridized carbons (Fsp3) is 0.500. The van der Waals surface area contributed by atoms with Crippen molar-refractivity contribution in [1.82, 2.24) is 14.7 Å². The van der Waals surface area contributed by atoms with Gasteiger partial charge in [-0.15, -0.1) is 0 Å². The molecule has 3 heterocycles. The van der Waals surface area contributed by atoms with Gasteiger partial charge in [-0.2, -0.15) is 0 Å². The van der Waals surface area contributed by atoms with E-state index < -0.39 is 28.5 Å². The Morgan fingerprint density at radius 1 is 1.07 bits per heavy atom. The standard InChI is InChI=1S/C20H22N4O6/c25-16(22-11-4-7-15(22)19(27)21-9-1-2-10-21)8-12-23-18(26)13-5-3-6-14(24(29)30)17(13)20(23)28/h3,5-6,15H,1-2,4,7-12H2/t15-/m0/s1. The highest BCUT2D eigenvalue weighted by atomic mass is 16.6. The molecule has 10 nitrogen and oxygen atoms in total. The van der Waals surface area contributed by atoms with Crippen LogP contribution in [0, 0.1) is 10.1 Å². The largest absolute Gasteiger partial charge is 0.341 e. The normalized spacial score (nSPS) is 20.8. The fourth-order valence-electron chi connectivity index (χ4n) is 4.49. The Morgan fingerprint density at radius 2 is 1.80 bits per heavy atom. The molecule has 4 amide bonds. The maximum absolute atomic E-state index is 12.8. The molecule has 4 rings (SSSR count). The first-order chi connectivity index (χ1) is 14.4. The van der Waals surface area contributed by atoms with E-state index in [2.05, 4.69) is 0 Å². The topological polar surface area (TPSA) is 121 Å². The van der Waals surface area contributed by atoms with Crippen molar-refractivity contribution in [3.63, 3.8) is 0 Å². The maximum Gasteiger partial charge on any atom is 0.282 e. The second-order valence-corrected chi connectivity index (χ2v) is 7.75. The molecular formula is C20H22N4O6. The minimum atomic E-state index is -0.763. The molecule has 0 radical (unpaired) electrons. The number of amides is 4. The summed E-state index contributed by atoms with van der Waals surface area (Å²) in [5.74, 6) is -1.73. The van der Waals surface area contributed by atoms with Crippen LogP contribution in [0.5, 0.6) is 0 Å². The molecule has 2 fully saturated rings. The monoisotopic (exact) mass is 414 g/mol. The van der Waals surface area contributed by atoms with E-state index in [1.165, 1.54) is 18.2 Å². The first-order valence-electron chi connectivity index (χ1n) is 10.1. The smallest absolute Gasteiger partial charge is 0.282 e. The zero-order valence-electron chi connectivity index (χ0n) is 16.4. The third-order valence-electron chi connectivity index (χ3n) is 6.00. The lowest BCUT2D eigenvalue weighted by molar-refractivity contribution is -0.385. The molecule has 1 aromatic carbocycles. The lowest BCUT2D eigenvalue weighted by Gasteiger charge is -2.28. The second kappa shape index (κ2) is 7.85. The molecule has 2 saturated heterocycles. The zero-order valence-corrected chi connectivity index (χ0v) is 16.4. The summed E-state index contributed by atoms with van der Waals surface area (Å²) in [6, 6.07) is 3.42. The average Bonchev–Trinajstić information content (AvgIpc) is 3.47. The molecule has 3 aliphatic rings. The van der Waals surface area contributed by atoms with Crippen LogP contribution < -0.4 is 0 Å². The van der Waals surface area contributed by atoms with Gasteiger partial charge in [-0.25, -0.2) is 0 Å². The van der Waals surface area contributed by atoms with Crippen molar-refractivity contribution in [3.8, 4) is 0 Å². The van der Waals surface area contributed by atoms with E-state index in [0.29, 0.717) is 26.1 Å². The maximum atomic E-state index is 12.8. The molecule has 0 bridgehead atoms. The van der Waals surface area contributed by atoms with Gasteiger partial charge in [0.05, 0.1) is 10.5 Å². The van der Waals surface area contributed by atoms with E-state index in [1.807, 2.05) is 0 Å². The number of hydrogen-bond acceptors (Lipinski definition) is 6. The SMILES string of the molecule is O=C([C@@H]1CCCN1C(=O)CCN1C(=O)c2cccc([N+](=O)[O-])c2C1=O)N1CCCC1. The van der Waals surface area contributed by atoms with Gasteiger partial charge in [-0.1, -0.05) is 6.07 Å². The first-order valence-corrected chi connectivity index (χ1v) is 10.1. The number of imide groups is 1. The molecule has 0 spiro atoms. The Morgan fingerprint density at radius 3 is 2.50 bits per heavy atom. The lowest BCUT2D eigenvalue weighted by atomic mass is 10.1. The molecule has 0 N–H and O–H groups in total. The van der Waals surface area contributed by atoms with Crippen LogP contribution in [-0.4, -0.2) is 75.5 Å². The number of fused-ring (bicyclic) bond motifs is 1. The van der Waals surface area contributed by atoms with Gasteiger partial charge in [0.2, 0.25) is 11.8 Å². The summed E-state index contributed by atoms with van der Waals surface area (Å²) < 4.78 is 0. The molecule has 0 aliphatic carbocycles. The number of nitrogens with zero attached hydrogens (tertiary/aromatic N) is 4. The fourth-order valence-corrected chi connectivity index (χ4v) is 4.49. The highest BCUT2D eigenvalue weighted by Crippen LogP contribution is 2.31. The van der Waals surface area contributed by atoms with Crippen molar-refractivity contribution in [2.75, 3.05) is 26.2 Å². The van der Waals surface area contributed by atoms with E-state index in [-0.39, 0.29) is 35.9 Å². The van der Waals surface area contributed by atoms with Gasteiger partial charge < -0.3 is 9.80 Å². The Balaban J connectivity index is 1.43. The minimum Gasteiger partial charge on any atom is -0.341 e. The number of benzene rings is 1. The number of nitro groups is 1. The van der Waals surface area contributed by atoms with Crippen LogP contribution in [0.4, 0.5) is 5.69 Å². The highest BCUT2D eigenvalue weighted by Gasteiger charge is 2.42. The van der Waals surface area contributed by atoms with Gasteiger partial charge in [0, 0.05) is 38.7 Å². The number of nitro benzene ring substituents is 1. The quantitative estimate of drug-likeness (QED) is 0.405. The van der Waals surface area contributed by atoms with E-state index in [0.717, 1.165) is 24.2 Å². The molecule has 158 valence electrons. The van der Waals surface area contributed by atoms with Crippen LogP contribution in [0.25, 0.3) is 0 Å². The Kier molecular flexibility index (Phi) is 5.23. The number of rotatable bonds is 5. The minimum absolute atomic E-state index is 0.0232. The van der Waals surface area contributed by atoms with E-state index in [9.17, 15) is 29.3 Å². The average molecular weight is 414 g/mol. The summed E-state index contributed by atoms with van der Waals surface area (Å²) in [6.07, 6.45) is 3.16. The van der Waals surface area contributed by atoms with Gasteiger partial charge in [-0.05, 0) is 31.7 Å². The molecule has 0 unspecified atom stereocenters. The summed E-state index contributed by atoms with van der Waals surface area (Å²) in [6.45, 7) is 1.72. The summed E-state index contributed by atoms with van der Waals surface area (Å²) in [5.41, 5.74) is -0.677. The molecule has 3 aliphatic heterocycles. The van der Waals surface area contributed by atoms with Crippen LogP contribution in [-0.2, 0) is 9.59 Å². The van der Waals surface area contributed by atoms with Crippen LogP contribution in [0.2, 0.25) is 0 Å². The van der Waals surface area contributed by atoms with Gasteiger partial charge in [-0.3, -0.25) is 34.2 Å². The van der Waals surface area contributed by atoms with Crippen LogP contribution in [0.1, 0.15) is 52.8 Å². The third-order valence-corrected chi connectivity index (χ3v) is 6.00. The molecule has 0 aromatic heterocycles. The van der Waals surface area contributed by atoms with E-state index >= 15 is 0 Å². The van der Waals surface area contributed by atoms with E-state index in [1.54, 1.807) is 9.80 Å². The first kappa shape index (κ1) is 20.0. The predicted molar refractivity (Wildman–Crippen MR) is 104 cm³/mol. The van der Waals surface area contributed by atoms with Crippen molar-refractivity contribution < 1.29 is 24.1 Å². The Hall–Kier alpha value is -3.30. The molecule has 30 heavy (non-hydrogen) atoms. The third kappa shape index (κ3) is 3.31. The van der Waals surface area contributed by atoms with Crippen molar-refractivity contribution >= 4 is 29.3 Å². The van der Waals surface area contributed by atoms with Crippen molar-refractivity contribution in [3.05, 3.63) is 39.4 Å².